The lowest BCUT2D eigenvalue weighted by atomic mass is 9.93. The van der Waals surface area contributed by atoms with Gasteiger partial charge in [-0.2, -0.15) is 0 Å². The van der Waals surface area contributed by atoms with E-state index in [0.29, 0.717) is 18.4 Å². The number of phenols is 2. The molecule has 186 valence electrons. The van der Waals surface area contributed by atoms with Gasteiger partial charge in [0.2, 0.25) is 5.91 Å². The summed E-state index contributed by atoms with van der Waals surface area (Å²) < 4.78 is 0. The highest BCUT2D eigenvalue weighted by Gasteiger charge is 2.21. The molecule has 3 aromatic carbocycles. The van der Waals surface area contributed by atoms with Crippen molar-refractivity contribution < 1.29 is 20.1 Å². The fourth-order valence-corrected chi connectivity index (χ4v) is 4.19. The minimum absolute atomic E-state index is 0.00474. The molecule has 0 aliphatic carbocycles. The first kappa shape index (κ1) is 26.3. The second-order valence-electron chi connectivity index (χ2n) is 9.83. The molecule has 35 heavy (non-hydrogen) atoms. The fourth-order valence-electron chi connectivity index (χ4n) is 4.19. The number of aliphatic hydroxyl groups is 1. The molecular weight excluding hydrogens is 440 g/mol. The monoisotopic (exact) mass is 476 g/mol. The molecule has 0 radical (unpaired) electrons. The third-order valence-electron chi connectivity index (χ3n) is 6.33. The van der Waals surface area contributed by atoms with Crippen LogP contribution >= 0.6 is 0 Å². The number of rotatable bonds is 10. The molecule has 0 saturated carbocycles. The zero-order valence-electron chi connectivity index (χ0n) is 20.9. The van der Waals surface area contributed by atoms with Crippen LogP contribution in [0.25, 0.3) is 0 Å². The van der Waals surface area contributed by atoms with Crippen molar-refractivity contribution in [1.82, 2.24) is 10.2 Å². The molecule has 1 unspecified atom stereocenters. The van der Waals surface area contributed by atoms with Crippen LogP contribution in [-0.4, -0.2) is 45.3 Å². The van der Waals surface area contributed by atoms with Crippen molar-refractivity contribution in [3.63, 3.8) is 0 Å². The molecule has 3 aromatic rings. The molecule has 0 heterocycles. The summed E-state index contributed by atoms with van der Waals surface area (Å²) in [5.41, 5.74) is 3.27. The van der Waals surface area contributed by atoms with Crippen LogP contribution in [0.1, 0.15) is 55.2 Å². The maximum absolute atomic E-state index is 12.9. The number of β-amino-alcohol motifs (C(OH)–C–C–N with tert-alkyl or cyclic N) is 1. The number of aliphatic hydroxyl groups excluding tert-OH is 1. The van der Waals surface area contributed by atoms with Gasteiger partial charge in [0.1, 0.15) is 11.5 Å². The average molecular weight is 477 g/mol. The Bertz CT molecular complexity index is 1110. The summed E-state index contributed by atoms with van der Waals surface area (Å²) in [7, 11) is 1.84. The van der Waals surface area contributed by atoms with Crippen molar-refractivity contribution in [1.29, 1.82) is 0 Å². The van der Waals surface area contributed by atoms with Crippen molar-refractivity contribution in [2.24, 2.45) is 0 Å². The summed E-state index contributed by atoms with van der Waals surface area (Å²) >= 11 is 0. The van der Waals surface area contributed by atoms with Gasteiger partial charge in [-0.25, -0.2) is 0 Å². The van der Waals surface area contributed by atoms with Crippen LogP contribution in [0.4, 0.5) is 0 Å². The molecule has 0 fully saturated rings. The number of hydrogen-bond donors (Lipinski definition) is 4. The lowest BCUT2D eigenvalue weighted by Gasteiger charge is -2.28. The number of nitrogens with zero attached hydrogens (tertiary/aromatic N) is 1. The van der Waals surface area contributed by atoms with Gasteiger partial charge >= 0.3 is 0 Å². The summed E-state index contributed by atoms with van der Waals surface area (Å²) in [5, 5.41) is 33.2. The summed E-state index contributed by atoms with van der Waals surface area (Å²) in [5.74, 6) is -0.115. The van der Waals surface area contributed by atoms with Gasteiger partial charge in [0.05, 0.1) is 18.6 Å². The van der Waals surface area contributed by atoms with E-state index in [1.807, 2.05) is 76.3 Å². The Balaban J connectivity index is 1.59. The Kier molecular flexibility index (Phi) is 8.54. The van der Waals surface area contributed by atoms with E-state index in [-0.39, 0.29) is 35.5 Å². The van der Waals surface area contributed by atoms with Gasteiger partial charge in [0, 0.05) is 25.2 Å². The zero-order valence-corrected chi connectivity index (χ0v) is 20.9. The predicted molar refractivity (Wildman–Crippen MR) is 138 cm³/mol. The molecule has 6 nitrogen and oxygen atoms in total. The Hall–Kier alpha value is -3.35. The molecule has 0 saturated heterocycles. The van der Waals surface area contributed by atoms with Crippen molar-refractivity contribution in [2.75, 3.05) is 13.6 Å². The SMILES string of the molecule is C[C@@H](c1ccccc1)N(C)C(=O)Cc1cccc(CC(C)(C)NCC(O)c2cc(O)cc(O)c2)c1. The average Bonchev–Trinajstić information content (AvgIpc) is 2.81. The van der Waals surface area contributed by atoms with Gasteiger partial charge in [-0.15, -0.1) is 0 Å². The lowest BCUT2D eigenvalue weighted by Crippen LogP contribution is -2.43. The van der Waals surface area contributed by atoms with E-state index < -0.39 is 6.10 Å². The lowest BCUT2D eigenvalue weighted by molar-refractivity contribution is -0.131. The number of hydrogen-bond acceptors (Lipinski definition) is 5. The fraction of sp³-hybridized carbons (Fsp3) is 0.345. The van der Waals surface area contributed by atoms with Crippen molar-refractivity contribution in [3.8, 4) is 11.5 Å². The number of phenolic OH excluding ortho intramolecular Hbond substituents is 2. The summed E-state index contributed by atoms with van der Waals surface area (Å²) in [4.78, 5) is 14.7. The van der Waals surface area contributed by atoms with Crippen LogP contribution in [-0.2, 0) is 17.6 Å². The first-order valence-electron chi connectivity index (χ1n) is 11.9. The van der Waals surface area contributed by atoms with Crippen LogP contribution in [0.5, 0.6) is 11.5 Å². The third kappa shape index (κ3) is 7.57. The summed E-state index contributed by atoms with van der Waals surface area (Å²) in [6, 6.07) is 22.1. The predicted octanol–water partition coefficient (Wildman–Crippen LogP) is 4.50. The number of carbonyl (C=O) groups is 1. The standard InChI is InChI=1S/C29H36N2O4/c1-20(23-11-6-5-7-12-23)31(4)28(35)14-21-9-8-10-22(13-21)18-29(2,3)30-19-27(34)24-15-25(32)17-26(33)16-24/h5-13,15-17,20,27,30,32-34H,14,18-19H2,1-4H3/t20-,27?/m0/s1. The normalized spacial score (nSPS) is 13.3. The Labute approximate surface area is 207 Å². The second kappa shape index (κ2) is 11.4. The van der Waals surface area contributed by atoms with Gasteiger partial charge < -0.3 is 25.5 Å². The van der Waals surface area contributed by atoms with Crippen LogP contribution in [0.2, 0.25) is 0 Å². The Morgan fingerprint density at radius 2 is 1.54 bits per heavy atom. The Morgan fingerprint density at radius 1 is 0.914 bits per heavy atom. The van der Waals surface area contributed by atoms with Crippen LogP contribution < -0.4 is 5.32 Å². The maximum Gasteiger partial charge on any atom is 0.227 e. The van der Waals surface area contributed by atoms with E-state index >= 15 is 0 Å². The highest BCUT2D eigenvalue weighted by atomic mass is 16.3. The first-order valence-corrected chi connectivity index (χ1v) is 11.9. The van der Waals surface area contributed by atoms with Gasteiger partial charge in [-0.3, -0.25) is 4.79 Å². The number of nitrogens with one attached hydrogen (secondary N) is 1. The van der Waals surface area contributed by atoms with Crippen molar-refractivity contribution >= 4 is 5.91 Å². The minimum Gasteiger partial charge on any atom is -0.508 e. The second-order valence-corrected chi connectivity index (χ2v) is 9.83. The minimum atomic E-state index is -0.877. The summed E-state index contributed by atoms with van der Waals surface area (Å²) in [6.45, 7) is 6.39. The van der Waals surface area contributed by atoms with Gasteiger partial charge in [0.25, 0.3) is 0 Å². The zero-order chi connectivity index (χ0) is 25.6. The number of likely N-dealkylation sites (N-methyl/N-ethyl adjacent to an activating group) is 1. The highest BCUT2D eigenvalue weighted by molar-refractivity contribution is 5.79. The molecule has 6 heteroatoms. The van der Waals surface area contributed by atoms with Gasteiger partial charge in [0.15, 0.2) is 0 Å². The molecule has 3 rings (SSSR count). The Morgan fingerprint density at radius 3 is 2.20 bits per heavy atom. The largest absolute Gasteiger partial charge is 0.508 e. The maximum atomic E-state index is 12.9. The molecule has 0 aliphatic rings. The number of amides is 1. The number of benzene rings is 3. The number of carbonyl (C=O) groups excluding carboxylic acids is 1. The van der Waals surface area contributed by atoms with Crippen LogP contribution in [0, 0.1) is 0 Å². The molecule has 1 amide bonds. The van der Waals surface area contributed by atoms with Gasteiger partial charge in [-0.05, 0) is 61.6 Å². The van der Waals surface area contributed by atoms with E-state index in [2.05, 4.69) is 11.4 Å². The van der Waals surface area contributed by atoms with E-state index in [4.69, 9.17) is 0 Å². The molecule has 0 spiro atoms. The quantitative estimate of drug-likeness (QED) is 0.346. The van der Waals surface area contributed by atoms with E-state index in [0.717, 1.165) is 16.7 Å². The first-order chi connectivity index (χ1) is 16.5. The molecule has 0 aromatic heterocycles. The van der Waals surface area contributed by atoms with Gasteiger partial charge in [-0.1, -0.05) is 54.6 Å². The van der Waals surface area contributed by atoms with Crippen LogP contribution in [0.3, 0.4) is 0 Å². The van der Waals surface area contributed by atoms with Crippen molar-refractivity contribution in [2.45, 2.75) is 51.3 Å². The van der Waals surface area contributed by atoms with Crippen LogP contribution in [0.15, 0.2) is 72.8 Å². The molecule has 0 bridgehead atoms. The highest BCUT2D eigenvalue weighted by Crippen LogP contribution is 2.25. The van der Waals surface area contributed by atoms with E-state index in [9.17, 15) is 20.1 Å². The topological polar surface area (TPSA) is 93.0 Å². The van der Waals surface area contributed by atoms with E-state index in [1.54, 1.807) is 4.90 Å². The molecule has 0 aliphatic heterocycles. The smallest absolute Gasteiger partial charge is 0.227 e. The van der Waals surface area contributed by atoms with E-state index in [1.165, 1.54) is 18.2 Å². The molecular formula is C29H36N2O4. The molecule has 2 atom stereocenters. The molecule has 4 N–H and O–H groups in total. The van der Waals surface area contributed by atoms with Crippen molar-refractivity contribution in [3.05, 3.63) is 95.1 Å². The number of aromatic hydroxyl groups is 2. The third-order valence-corrected chi connectivity index (χ3v) is 6.33. The summed E-state index contributed by atoms with van der Waals surface area (Å²) in [6.07, 6.45) is 0.150.